The minimum atomic E-state index is -1.53. The maximum absolute atomic E-state index is 11.8. The zero-order valence-electron chi connectivity index (χ0n) is 8.78. The SMILES string of the molecule is NC1CC(=O)N2CC=CC(OC(=O)O)N2C1=O. The number of hydrogen-bond acceptors (Lipinski definition) is 5. The molecule has 0 aromatic carbocycles. The van der Waals surface area contributed by atoms with E-state index in [-0.39, 0.29) is 18.9 Å². The van der Waals surface area contributed by atoms with Crippen LogP contribution >= 0.6 is 0 Å². The number of nitrogens with two attached hydrogens (primary N) is 1. The van der Waals surface area contributed by atoms with Crippen molar-refractivity contribution in [2.45, 2.75) is 18.7 Å². The number of ether oxygens (including phenoxy) is 1. The van der Waals surface area contributed by atoms with E-state index >= 15 is 0 Å². The van der Waals surface area contributed by atoms with E-state index in [1.807, 2.05) is 0 Å². The molecule has 3 N–H and O–H groups in total. The topological polar surface area (TPSA) is 113 Å². The molecule has 1 fully saturated rings. The molecule has 8 nitrogen and oxygen atoms in total. The number of nitrogens with zero attached hydrogens (tertiary/aromatic N) is 2. The fraction of sp³-hybridized carbons (Fsp3) is 0.444. The van der Waals surface area contributed by atoms with Crippen molar-refractivity contribution in [2.75, 3.05) is 6.54 Å². The van der Waals surface area contributed by atoms with Gasteiger partial charge in [-0.05, 0) is 6.08 Å². The van der Waals surface area contributed by atoms with Gasteiger partial charge in [0, 0.05) is 0 Å². The molecule has 0 spiro atoms. The summed E-state index contributed by atoms with van der Waals surface area (Å²) < 4.78 is 4.51. The predicted octanol–water partition coefficient (Wildman–Crippen LogP) is -1.12. The molecule has 1 saturated heterocycles. The monoisotopic (exact) mass is 241 g/mol. The minimum absolute atomic E-state index is 0.0804. The van der Waals surface area contributed by atoms with E-state index in [9.17, 15) is 14.4 Å². The fourth-order valence-electron chi connectivity index (χ4n) is 1.79. The maximum Gasteiger partial charge on any atom is 0.508 e. The van der Waals surface area contributed by atoms with E-state index in [4.69, 9.17) is 10.8 Å². The Hall–Kier alpha value is -2.09. The summed E-state index contributed by atoms with van der Waals surface area (Å²) in [5, 5.41) is 10.6. The summed E-state index contributed by atoms with van der Waals surface area (Å²) in [4.78, 5) is 33.9. The first kappa shape index (κ1) is 11.4. The first-order chi connectivity index (χ1) is 8.00. The minimum Gasteiger partial charge on any atom is -0.450 e. The summed E-state index contributed by atoms with van der Waals surface area (Å²) in [5.41, 5.74) is 5.50. The van der Waals surface area contributed by atoms with Crippen LogP contribution in [0.5, 0.6) is 0 Å². The molecule has 0 aliphatic carbocycles. The van der Waals surface area contributed by atoms with Gasteiger partial charge in [-0.15, -0.1) is 0 Å². The van der Waals surface area contributed by atoms with Crippen molar-refractivity contribution in [2.24, 2.45) is 5.73 Å². The van der Waals surface area contributed by atoms with Gasteiger partial charge in [-0.2, -0.15) is 0 Å². The number of hydrazine groups is 1. The largest absolute Gasteiger partial charge is 0.508 e. The van der Waals surface area contributed by atoms with Crippen molar-refractivity contribution in [1.29, 1.82) is 0 Å². The molecule has 0 saturated carbocycles. The average molecular weight is 241 g/mol. The molecule has 2 unspecified atom stereocenters. The molecule has 2 rings (SSSR count). The normalized spacial score (nSPS) is 28.1. The number of amides is 2. The summed E-state index contributed by atoms with van der Waals surface area (Å²) in [5.74, 6) is -0.861. The zero-order valence-corrected chi connectivity index (χ0v) is 8.78. The van der Waals surface area contributed by atoms with Gasteiger partial charge in [-0.3, -0.25) is 9.59 Å². The van der Waals surface area contributed by atoms with Gasteiger partial charge in [-0.1, -0.05) is 6.08 Å². The molecule has 17 heavy (non-hydrogen) atoms. The second-order valence-electron chi connectivity index (χ2n) is 3.67. The number of carbonyl (C=O) groups excluding carboxylic acids is 2. The second kappa shape index (κ2) is 4.06. The third-order valence-electron chi connectivity index (χ3n) is 2.53. The summed E-state index contributed by atoms with van der Waals surface area (Å²) in [6.45, 7) is 0.205. The molecule has 2 aliphatic rings. The second-order valence-corrected chi connectivity index (χ2v) is 3.67. The van der Waals surface area contributed by atoms with E-state index in [0.717, 1.165) is 10.0 Å². The molecular weight excluding hydrogens is 230 g/mol. The Kier molecular flexibility index (Phi) is 2.72. The summed E-state index contributed by atoms with van der Waals surface area (Å²) >= 11 is 0. The van der Waals surface area contributed by atoms with Gasteiger partial charge < -0.3 is 15.6 Å². The van der Waals surface area contributed by atoms with Gasteiger partial charge in [0.25, 0.3) is 5.91 Å². The van der Waals surface area contributed by atoms with Crippen molar-refractivity contribution < 1.29 is 24.2 Å². The Morgan fingerprint density at radius 2 is 2.24 bits per heavy atom. The summed E-state index contributed by atoms with van der Waals surface area (Å²) in [6.07, 6.45) is 0.216. The van der Waals surface area contributed by atoms with Gasteiger partial charge in [0.05, 0.1) is 19.0 Å². The summed E-state index contributed by atoms with van der Waals surface area (Å²) in [7, 11) is 0. The lowest BCUT2D eigenvalue weighted by molar-refractivity contribution is -0.190. The lowest BCUT2D eigenvalue weighted by atomic mass is 10.1. The molecule has 0 aromatic rings. The third-order valence-corrected chi connectivity index (χ3v) is 2.53. The van der Waals surface area contributed by atoms with E-state index in [2.05, 4.69) is 4.74 Å². The third kappa shape index (κ3) is 1.94. The van der Waals surface area contributed by atoms with Crippen LogP contribution in [0.25, 0.3) is 0 Å². The van der Waals surface area contributed by atoms with Crippen LogP contribution in [-0.2, 0) is 14.3 Å². The molecule has 0 bridgehead atoms. The first-order valence-corrected chi connectivity index (χ1v) is 4.96. The molecular formula is C9H11N3O5. The van der Waals surface area contributed by atoms with Crippen LogP contribution in [0.4, 0.5) is 4.79 Å². The number of carbonyl (C=O) groups is 3. The molecule has 8 heteroatoms. The maximum atomic E-state index is 11.8. The Balaban J connectivity index is 2.28. The van der Waals surface area contributed by atoms with Crippen LogP contribution in [0.1, 0.15) is 6.42 Å². The van der Waals surface area contributed by atoms with Crippen LogP contribution in [0.15, 0.2) is 12.2 Å². The quantitative estimate of drug-likeness (QED) is 0.444. The van der Waals surface area contributed by atoms with Crippen molar-refractivity contribution >= 4 is 18.0 Å². The van der Waals surface area contributed by atoms with Crippen LogP contribution in [0.3, 0.4) is 0 Å². The highest BCUT2D eigenvalue weighted by Crippen LogP contribution is 2.21. The van der Waals surface area contributed by atoms with Crippen LogP contribution in [0, 0.1) is 0 Å². The molecule has 2 heterocycles. The fourth-order valence-corrected chi connectivity index (χ4v) is 1.79. The number of fused-ring (bicyclic) bond motifs is 1. The smallest absolute Gasteiger partial charge is 0.450 e. The van der Waals surface area contributed by atoms with Gasteiger partial charge in [0.2, 0.25) is 12.1 Å². The highest BCUT2D eigenvalue weighted by Gasteiger charge is 2.42. The molecule has 2 atom stereocenters. The highest BCUT2D eigenvalue weighted by molar-refractivity contribution is 5.93. The van der Waals surface area contributed by atoms with E-state index in [0.29, 0.717) is 0 Å². The lowest BCUT2D eigenvalue weighted by Gasteiger charge is -2.44. The molecule has 92 valence electrons. The van der Waals surface area contributed by atoms with Crippen LogP contribution in [0.2, 0.25) is 0 Å². The lowest BCUT2D eigenvalue weighted by Crippen LogP contribution is -2.65. The standard InChI is InChI=1S/C9H11N3O5/c10-5-4-6(13)11-3-1-2-7(17-9(15)16)12(11)8(5)14/h1-2,5,7H,3-4,10H2,(H,15,16). The van der Waals surface area contributed by atoms with Crippen molar-refractivity contribution in [3.63, 3.8) is 0 Å². The Bertz CT molecular complexity index is 407. The van der Waals surface area contributed by atoms with Gasteiger partial charge in [0.1, 0.15) is 0 Å². The van der Waals surface area contributed by atoms with Crippen molar-refractivity contribution in [3.8, 4) is 0 Å². The van der Waals surface area contributed by atoms with Crippen molar-refractivity contribution in [3.05, 3.63) is 12.2 Å². The van der Waals surface area contributed by atoms with Gasteiger partial charge >= 0.3 is 6.16 Å². The van der Waals surface area contributed by atoms with E-state index in [1.165, 1.54) is 6.08 Å². The molecule has 0 radical (unpaired) electrons. The van der Waals surface area contributed by atoms with E-state index < -0.39 is 24.3 Å². The number of carboxylic acid groups (broad SMARTS) is 1. The van der Waals surface area contributed by atoms with Gasteiger partial charge in [-0.25, -0.2) is 14.8 Å². The van der Waals surface area contributed by atoms with Gasteiger partial charge in [0.15, 0.2) is 0 Å². The number of hydrogen-bond donors (Lipinski definition) is 2. The van der Waals surface area contributed by atoms with Crippen LogP contribution in [-0.4, -0.2) is 51.9 Å². The predicted molar refractivity (Wildman–Crippen MR) is 53.2 cm³/mol. The van der Waals surface area contributed by atoms with Crippen LogP contribution < -0.4 is 5.73 Å². The Labute approximate surface area is 96.2 Å². The Morgan fingerprint density at radius 1 is 1.53 bits per heavy atom. The highest BCUT2D eigenvalue weighted by atomic mass is 16.7. The molecule has 2 amide bonds. The van der Waals surface area contributed by atoms with Crippen molar-refractivity contribution in [1.82, 2.24) is 10.0 Å². The summed E-state index contributed by atoms with van der Waals surface area (Å²) in [6, 6.07) is -0.954. The number of rotatable bonds is 1. The van der Waals surface area contributed by atoms with E-state index in [1.54, 1.807) is 6.08 Å². The first-order valence-electron chi connectivity index (χ1n) is 4.96. The zero-order chi connectivity index (χ0) is 12.6. The Morgan fingerprint density at radius 3 is 2.88 bits per heavy atom. The average Bonchev–Trinajstić information content (AvgIpc) is 2.25. The molecule has 2 aliphatic heterocycles. The molecule has 0 aromatic heterocycles.